The molecular formula is C11H8N2S. The third-order valence-corrected chi connectivity index (χ3v) is 3.26. The molecule has 0 atom stereocenters. The Bertz CT molecular complexity index is 504. The maximum Gasteiger partial charge on any atom is 0.0676 e. The maximum atomic E-state index is 4.34. The van der Waals surface area contributed by atoms with E-state index >= 15 is 0 Å². The molecule has 0 saturated heterocycles. The Morgan fingerprint density at radius 1 is 1.29 bits per heavy atom. The quantitative estimate of drug-likeness (QED) is 0.578. The molecule has 2 nitrogen and oxygen atoms in total. The van der Waals surface area contributed by atoms with Crippen LogP contribution in [0.4, 0.5) is 0 Å². The zero-order valence-electron chi connectivity index (χ0n) is 7.47. The van der Waals surface area contributed by atoms with Crippen molar-refractivity contribution in [3.63, 3.8) is 0 Å². The number of allylic oxidation sites excluding steroid dienone is 1. The van der Waals surface area contributed by atoms with Crippen LogP contribution in [-0.4, -0.2) is 6.21 Å². The van der Waals surface area contributed by atoms with Crippen LogP contribution in [-0.2, 0) is 6.42 Å². The number of hydrogen-bond donors (Lipinski definition) is 0. The molecule has 0 amide bonds. The number of rotatable bonds is 0. The minimum atomic E-state index is 0.971. The van der Waals surface area contributed by atoms with Gasteiger partial charge in [0.25, 0.3) is 0 Å². The van der Waals surface area contributed by atoms with Gasteiger partial charge in [-0.25, -0.2) is 4.40 Å². The van der Waals surface area contributed by atoms with E-state index in [9.17, 15) is 0 Å². The van der Waals surface area contributed by atoms with Crippen molar-refractivity contribution in [1.82, 2.24) is 0 Å². The van der Waals surface area contributed by atoms with Gasteiger partial charge in [0.15, 0.2) is 0 Å². The lowest BCUT2D eigenvalue weighted by atomic mass is 10.1. The largest absolute Gasteiger partial charge is 0.257 e. The molecule has 2 aliphatic rings. The number of hydrogen-bond acceptors (Lipinski definition) is 3. The molecule has 0 saturated carbocycles. The lowest BCUT2D eigenvalue weighted by Crippen LogP contribution is -2.20. The van der Waals surface area contributed by atoms with Crippen molar-refractivity contribution in [2.45, 2.75) is 11.3 Å². The molecule has 3 heteroatoms. The molecule has 0 radical (unpaired) electrons. The number of nitrogens with zero attached hydrogens (tertiary/aromatic N) is 2. The first-order valence-corrected chi connectivity index (χ1v) is 5.28. The van der Waals surface area contributed by atoms with Crippen molar-refractivity contribution in [3.05, 3.63) is 40.5 Å². The predicted octanol–water partition coefficient (Wildman–Crippen LogP) is 1.25. The Hall–Kier alpha value is -1.35. The first-order valence-electron chi connectivity index (χ1n) is 4.50. The molecule has 0 fully saturated rings. The zero-order chi connectivity index (χ0) is 9.38. The monoisotopic (exact) mass is 200 g/mol. The van der Waals surface area contributed by atoms with E-state index in [1.54, 1.807) is 11.9 Å². The molecule has 0 unspecified atom stereocenters. The molecule has 14 heavy (non-hydrogen) atoms. The first-order chi connectivity index (χ1) is 6.95. The lowest BCUT2D eigenvalue weighted by molar-refractivity contribution is 1.05. The fourth-order valence-corrected chi connectivity index (χ4v) is 2.46. The minimum Gasteiger partial charge on any atom is -0.257 e. The molecule has 2 heterocycles. The van der Waals surface area contributed by atoms with E-state index in [0.717, 1.165) is 11.8 Å². The molecule has 0 aromatic heterocycles. The Balaban J connectivity index is 2.39. The van der Waals surface area contributed by atoms with E-state index in [1.165, 1.54) is 15.7 Å². The summed E-state index contributed by atoms with van der Waals surface area (Å²) in [4.78, 5) is 5.60. The predicted molar refractivity (Wildman–Crippen MR) is 58.9 cm³/mol. The average Bonchev–Trinajstić information content (AvgIpc) is 2.29. The fourth-order valence-electron chi connectivity index (χ4n) is 1.69. The first kappa shape index (κ1) is 8.00. The van der Waals surface area contributed by atoms with Gasteiger partial charge >= 0.3 is 0 Å². The fraction of sp³-hybridized carbons (Fsp3) is 0.0909. The third-order valence-electron chi connectivity index (χ3n) is 2.37. The Morgan fingerprint density at radius 2 is 2.29 bits per heavy atom. The van der Waals surface area contributed by atoms with Crippen molar-refractivity contribution in [2.75, 3.05) is 0 Å². The van der Waals surface area contributed by atoms with Crippen molar-refractivity contribution < 1.29 is 0 Å². The second kappa shape index (κ2) is 3.10. The highest BCUT2D eigenvalue weighted by Crippen LogP contribution is 2.20. The highest BCUT2D eigenvalue weighted by molar-refractivity contribution is 7.98. The summed E-state index contributed by atoms with van der Waals surface area (Å²) in [5.74, 6) is 0. The van der Waals surface area contributed by atoms with Crippen LogP contribution in [0.25, 0.3) is 6.08 Å². The van der Waals surface area contributed by atoms with Gasteiger partial charge in [0.1, 0.15) is 0 Å². The van der Waals surface area contributed by atoms with Gasteiger partial charge in [0.05, 0.1) is 5.36 Å². The smallest absolute Gasteiger partial charge is 0.0676 e. The lowest BCUT2D eigenvalue weighted by Gasteiger charge is -2.10. The highest BCUT2D eigenvalue weighted by atomic mass is 32.2. The van der Waals surface area contributed by atoms with Crippen LogP contribution in [0.5, 0.6) is 0 Å². The number of fused-ring (bicyclic) bond motifs is 3. The molecule has 68 valence electrons. The van der Waals surface area contributed by atoms with E-state index in [2.05, 4.69) is 27.6 Å². The van der Waals surface area contributed by atoms with Crippen molar-refractivity contribution >= 4 is 24.2 Å². The van der Waals surface area contributed by atoms with E-state index in [0.29, 0.717) is 0 Å². The summed E-state index contributed by atoms with van der Waals surface area (Å²) in [6.45, 7) is 0. The molecule has 0 aliphatic carbocycles. The standard InChI is InChI=1S/C11H8N2S/c1-2-9-10(12-6-1)4-3-8-5-7-13-14-11(8)9/h1,3-7H,2H2. The van der Waals surface area contributed by atoms with Gasteiger partial charge in [-0.15, -0.1) is 0 Å². The van der Waals surface area contributed by atoms with E-state index in [4.69, 9.17) is 0 Å². The van der Waals surface area contributed by atoms with Gasteiger partial charge in [0, 0.05) is 29.3 Å². The summed E-state index contributed by atoms with van der Waals surface area (Å²) in [5, 5.41) is 2.35. The SMILES string of the molecule is C1=CN=c2ccc3c(c2C1)SN=CC=3. The molecule has 0 bridgehead atoms. The van der Waals surface area contributed by atoms with Crippen LogP contribution >= 0.6 is 11.9 Å². The van der Waals surface area contributed by atoms with Gasteiger partial charge in [0.2, 0.25) is 0 Å². The van der Waals surface area contributed by atoms with Crippen LogP contribution in [0, 0.1) is 0 Å². The van der Waals surface area contributed by atoms with E-state index in [1.807, 2.05) is 18.5 Å². The van der Waals surface area contributed by atoms with Gasteiger partial charge in [-0.3, -0.25) is 4.99 Å². The summed E-state index contributed by atoms with van der Waals surface area (Å²) in [7, 11) is 0. The molecule has 0 spiro atoms. The van der Waals surface area contributed by atoms with Crippen LogP contribution in [0.3, 0.4) is 0 Å². The van der Waals surface area contributed by atoms with E-state index in [-0.39, 0.29) is 0 Å². The van der Waals surface area contributed by atoms with Gasteiger partial charge < -0.3 is 0 Å². The van der Waals surface area contributed by atoms with Crippen LogP contribution in [0.15, 0.2) is 38.7 Å². The molecule has 2 aliphatic heterocycles. The number of benzene rings is 1. The van der Waals surface area contributed by atoms with Crippen LogP contribution in [0.1, 0.15) is 5.56 Å². The van der Waals surface area contributed by atoms with Gasteiger partial charge in [-0.05, 0) is 29.3 Å². The van der Waals surface area contributed by atoms with Gasteiger partial charge in [-0.1, -0.05) is 12.1 Å². The summed E-state index contributed by atoms with van der Waals surface area (Å²) in [5.41, 5.74) is 1.31. The second-order valence-electron chi connectivity index (χ2n) is 3.21. The molecule has 1 aromatic rings. The third kappa shape index (κ3) is 1.13. The zero-order valence-corrected chi connectivity index (χ0v) is 8.29. The summed E-state index contributed by atoms with van der Waals surface area (Å²) < 4.78 is 4.20. The molecule has 1 aromatic carbocycles. The second-order valence-corrected chi connectivity index (χ2v) is 4.01. The normalized spacial score (nSPS) is 16.6. The van der Waals surface area contributed by atoms with Crippen molar-refractivity contribution in [1.29, 1.82) is 0 Å². The van der Waals surface area contributed by atoms with Crippen LogP contribution < -0.4 is 10.6 Å². The Labute approximate surface area is 85.9 Å². The molecular weight excluding hydrogens is 192 g/mol. The van der Waals surface area contributed by atoms with E-state index < -0.39 is 0 Å². The Kier molecular flexibility index (Phi) is 1.77. The Morgan fingerprint density at radius 3 is 3.29 bits per heavy atom. The van der Waals surface area contributed by atoms with Crippen molar-refractivity contribution in [3.8, 4) is 0 Å². The molecule has 0 N–H and O–H groups in total. The summed E-state index contributed by atoms with van der Waals surface area (Å²) in [6, 6.07) is 4.18. The topological polar surface area (TPSA) is 24.7 Å². The molecule has 3 rings (SSSR count). The van der Waals surface area contributed by atoms with Crippen LogP contribution in [0.2, 0.25) is 0 Å². The summed E-state index contributed by atoms with van der Waals surface area (Å²) >= 11 is 1.55. The van der Waals surface area contributed by atoms with Crippen molar-refractivity contribution in [2.24, 2.45) is 9.39 Å². The van der Waals surface area contributed by atoms with Gasteiger partial charge in [-0.2, -0.15) is 0 Å². The highest BCUT2D eigenvalue weighted by Gasteiger charge is 2.09. The average molecular weight is 200 g/mol. The maximum absolute atomic E-state index is 4.34. The minimum absolute atomic E-state index is 0.971. The summed E-state index contributed by atoms with van der Waals surface area (Å²) in [6.07, 6.45) is 8.81.